The smallest absolute Gasteiger partial charge is 0.257 e. The summed E-state index contributed by atoms with van der Waals surface area (Å²) < 4.78 is 5.26. The predicted octanol–water partition coefficient (Wildman–Crippen LogP) is 1.71. The van der Waals surface area contributed by atoms with Gasteiger partial charge in [0.2, 0.25) is 0 Å². The molecule has 0 spiro atoms. The van der Waals surface area contributed by atoms with Crippen LogP contribution in [-0.2, 0) is 6.54 Å². The summed E-state index contributed by atoms with van der Waals surface area (Å²) in [5.74, 6) is 1.56. The number of rotatable bonds is 3. The van der Waals surface area contributed by atoms with E-state index in [-0.39, 0.29) is 5.91 Å². The molecule has 0 atom stereocenters. The molecule has 3 aromatic heterocycles. The molecule has 124 valence electrons. The van der Waals surface area contributed by atoms with Crippen LogP contribution in [0.3, 0.4) is 0 Å². The summed E-state index contributed by atoms with van der Waals surface area (Å²) in [6.07, 6.45) is 3.09. The van der Waals surface area contributed by atoms with Gasteiger partial charge in [0.15, 0.2) is 0 Å². The fraction of sp³-hybridized carbons (Fsp3) is 0.312. The van der Waals surface area contributed by atoms with Gasteiger partial charge in [-0.2, -0.15) is 0 Å². The topological polar surface area (TPSA) is 88.5 Å². The summed E-state index contributed by atoms with van der Waals surface area (Å²) in [5, 5.41) is 3.10. The van der Waals surface area contributed by atoms with E-state index in [1.807, 2.05) is 16.3 Å². The second-order valence-corrected chi connectivity index (χ2v) is 6.52. The number of fused-ring (bicyclic) bond motifs is 1. The molecule has 1 aliphatic heterocycles. The Balaban J connectivity index is 1.47. The van der Waals surface area contributed by atoms with Gasteiger partial charge in [0.05, 0.1) is 17.5 Å². The third-order valence-corrected chi connectivity index (χ3v) is 5.03. The molecule has 0 saturated carbocycles. The van der Waals surface area contributed by atoms with Crippen LogP contribution in [0.25, 0.3) is 10.2 Å². The largest absolute Gasteiger partial charge is 0.467 e. The molecule has 0 aromatic carbocycles. The minimum absolute atomic E-state index is 0.0125. The highest BCUT2D eigenvalue weighted by atomic mass is 32.1. The first kappa shape index (κ1) is 15.1. The number of carbonyl (C=O) groups excluding carboxylic acids is 1. The highest BCUT2D eigenvalue weighted by Crippen LogP contribution is 2.27. The number of thiophene rings is 1. The van der Waals surface area contributed by atoms with Crippen molar-refractivity contribution in [1.29, 1.82) is 0 Å². The molecule has 1 aliphatic rings. The number of hydrogen-bond acceptors (Lipinski definition) is 7. The molecule has 4 rings (SSSR count). The van der Waals surface area contributed by atoms with E-state index in [9.17, 15) is 4.79 Å². The zero-order valence-electron chi connectivity index (χ0n) is 13.0. The maximum Gasteiger partial charge on any atom is 0.257 e. The lowest BCUT2D eigenvalue weighted by Crippen LogP contribution is -2.49. The van der Waals surface area contributed by atoms with E-state index in [4.69, 9.17) is 10.2 Å². The predicted molar refractivity (Wildman–Crippen MR) is 92.1 cm³/mol. The summed E-state index contributed by atoms with van der Waals surface area (Å²) in [7, 11) is 0. The minimum atomic E-state index is -0.0125. The van der Waals surface area contributed by atoms with Crippen LogP contribution < -0.4 is 10.6 Å². The normalized spacial score (nSPS) is 15.2. The first-order valence-corrected chi connectivity index (χ1v) is 8.64. The molecule has 0 aliphatic carbocycles. The number of aromatic nitrogens is 2. The number of hydrogen-bond donors (Lipinski definition) is 1. The van der Waals surface area contributed by atoms with Gasteiger partial charge in [0, 0.05) is 26.2 Å². The van der Waals surface area contributed by atoms with Crippen molar-refractivity contribution >= 4 is 33.3 Å². The molecule has 0 bridgehead atoms. The van der Waals surface area contributed by atoms with Crippen molar-refractivity contribution in [3.63, 3.8) is 0 Å². The second kappa shape index (κ2) is 6.21. The van der Waals surface area contributed by atoms with E-state index >= 15 is 0 Å². The van der Waals surface area contributed by atoms with Crippen molar-refractivity contribution in [2.45, 2.75) is 6.54 Å². The molecule has 2 N–H and O–H groups in total. The quantitative estimate of drug-likeness (QED) is 0.779. The highest BCUT2D eigenvalue weighted by molar-refractivity contribution is 7.16. The number of piperazine rings is 1. The number of nitrogens with zero attached hydrogens (tertiary/aromatic N) is 4. The Hall–Kier alpha value is -2.45. The average molecular weight is 343 g/mol. The van der Waals surface area contributed by atoms with Gasteiger partial charge in [-0.25, -0.2) is 9.97 Å². The van der Waals surface area contributed by atoms with Crippen LogP contribution in [0.15, 0.2) is 34.5 Å². The average Bonchev–Trinajstić information content (AvgIpc) is 3.30. The monoisotopic (exact) mass is 343 g/mol. The molecule has 1 fully saturated rings. The van der Waals surface area contributed by atoms with Crippen LogP contribution >= 0.6 is 11.3 Å². The van der Waals surface area contributed by atoms with Crippen molar-refractivity contribution in [1.82, 2.24) is 14.9 Å². The molecule has 7 nitrogen and oxygen atoms in total. The summed E-state index contributed by atoms with van der Waals surface area (Å²) in [6.45, 7) is 3.09. The Bertz CT molecular complexity index is 866. The lowest BCUT2D eigenvalue weighted by Gasteiger charge is -2.35. The van der Waals surface area contributed by atoms with Crippen molar-refractivity contribution < 1.29 is 9.21 Å². The van der Waals surface area contributed by atoms with E-state index in [1.54, 1.807) is 23.7 Å². The summed E-state index contributed by atoms with van der Waals surface area (Å²) in [4.78, 5) is 26.3. The van der Waals surface area contributed by atoms with Gasteiger partial charge in [0.25, 0.3) is 5.91 Å². The van der Waals surface area contributed by atoms with Crippen LogP contribution in [-0.4, -0.2) is 47.0 Å². The van der Waals surface area contributed by atoms with E-state index in [0.717, 1.165) is 29.1 Å². The van der Waals surface area contributed by atoms with Crippen LogP contribution in [0.4, 0.5) is 5.82 Å². The maximum atomic E-state index is 12.5. The van der Waals surface area contributed by atoms with Gasteiger partial charge in [-0.15, -0.1) is 11.3 Å². The molecule has 1 amide bonds. The molecule has 0 radical (unpaired) electrons. The van der Waals surface area contributed by atoms with Crippen LogP contribution in [0.1, 0.15) is 16.1 Å². The number of anilines is 1. The van der Waals surface area contributed by atoms with Crippen LogP contribution in [0.2, 0.25) is 0 Å². The van der Waals surface area contributed by atoms with Gasteiger partial charge in [-0.1, -0.05) is 0 Å². The molecule has 24 heavy (non-hydrogen) atoms. The standard InChI is InChI=1S/C16H17N5O2S/c17-8-12-7-11(9-23-12)16(22)21-4-2-20(3-5-21)14-13-1-6-24-15(13)19-10-18-14/h1,6-7,9-10H,2-5,8,17H2. The molecule has 3 aromatic rings. The van der Waals surface area contributed by atoms with E-state index < -0.39 is 0 Å². The molecular formula is C16H17N5O2S. The van der Waals surface area contributed by atoms with Crippen LogP contribution in [0.5, 0.6) is 0 Å². The Kier molecular flexibility index (Phi) is 3.91. The molecule has 1 saturated heterocycles. The Morgan fingerprint density at radius 2 is 2.12 bits per heavy atom. The Labute approximate surface area is 142 Å². The zero-order valence-corrected chi connectivity index (χ0v) is 13.8. The maximum absolute atomic E-state index is 12.5. The van der Waals surface area contributed by atoms with Crippen molar-refractivity contribution in [2.24, 2.45) is 5.73 Å². The van der Waals surface area contributed by atoms with Crippen LogP contribution in [0, 0.1) is 0 Å². The number of nitrogens with two attached hydrogens (primary N) is 1. The second-order valence-electron chi connectivity index (χ2n) is 5.62. The Morgan fingerprint density at radius 1 is 1.29 bits per heavy atom. The van der Waals surface area contributed by atoms with Gasteiger partial charge >= 0.3 is 0 Å². The van der Waals surface area contributed by atoms with E-state index in [0.29, 0.717) is 31.0 Å². The SMILES string of the molecule is NCc1cc(C(=O)N2CCN(c3ncnc4sccc34)CC2)co1. The molecule has 0 unspecified atom stereocenters. The first-order chi connectivity index (χ1) is 11.8. The Morgan fingerprint density at radius 3 is 2.88 bits per heavy atom. The highest BCUT2D eigenvalue weighted by Gasteiger charge is 2.25. The number of carbonyl (C=O) groups is 1. The first-order valence-electron chi connectivity index (χ1n) is 7.76. The van der Waals surface area contributed by atoms with Crippen molar-refractivity contribution in [3.8, 4) is 0 Å². The molecule has 8 heteroatoms. The lowest BCUT2D eigenvalue weighted by atomic mass is 10.2. The fourth-order valence-corrected chi connectivity index (χ4v) is 3.66. The third kappa shape index (κ3) is 2.63. The van der Waals surface area contributed by atoms with Crippen molar-refractivity contribution in [3.05, 3.63) is 41.4 Å². The molecule has 4 heterocycles. The van der Waals surface area contributed by atoms with Gasteiger partial charge in [-0.05, 0) is 17.5 Å². The van der Waals surface area contributed by atoms with E-state index in [1.165, 1.54) is 6.26 Å². The summed E-state index contributed by atoms with van der Waals surface area (Å²) in [5.41, 5.74) is 6.09. The van der Waals surface area contributed by atoms with E-state index in [2.05, 4.69) is 14.9 Å². The number of amides is 1. The minimum Gasteiger partial charge on any atom is -0.467 e. The zero-order chi connectivity index (χ0) is 16.5. The fourth-order valence-electron chi connectivity index (χ4n) is 2.93. The number of furan rings is 1. The lowest BCUT2D eigenvalue weighted by molar-refractivity contribution is 0.0746. The van der Waals surface area contributed by atoms with Gasteiger partial charge < -0.3 is 20.0 Å². The van der Waals surface area contributed by atoms with Crippen molar-refractivity contribution in [2.75, 3.05) is 31.1 Å². The third-order valence-electron chi connectivity index (χ3n) is 4.21. The summed E-state index contributed by atoms with van der Waals surface area (Å²) >= 11 is 1.61. The summed E-state index contributed by atoms with van der Waals surface area (Å²) in [6, 6.07) is 3.76. The molecular weight excluding hydrogens is 326 g/mol. The van der Waals surface area contributed by atoms with Gasteiger partial charge in [0.1, 0.15) is 29.0 Å². The van der Waals surface area contributed by atoms with Gasteiger partial charge in [-0.3, -0.25) is 4.79 Å².